The van der Waals surface area contributed by atoms with E-state index in [4.69, 9.17) is 20.8 Å². The van der Waals surface area contributed by atoms with E-state index in [1.165, 1.54) is 0 Å². The van der Waals surface area contributed by atoms with Gasteiger partial charge < -0.3 is 9.16 Å². The van der Waals surface area contributed by atoms with Gasteiger partial charge >= 0.3 is 0 Å². The number of rotatable bonds is 5. The average Bonchev–Trinajstić information content (AvgIpc) is 2.27. The molecule has 0 aliphatic rings. The van der Waals surface area contributed by atoms with Crippen LogP contribution in [0.4, 0.5) is 0 Å². The van der Waals surface area contributed by atoms with E-state index in [9.17, 15) is 0 Å². The SMILES string of the molecule is CC(C)(C)[Si](C)(C)OCCOc1cc(Cl)ccc1Br. The molecule has 0 aliphatic heterocycles. The summed E-state index contributed by atoms with van der Waals surface area (Å²) in [4.78, 5) is 0. The third-order valence-corrected chi connectivity index (χ3v) is 8.93. The molecule has 0 bridgehead atoms. The molecule has 108 valence electrons. The summed E-state index contributed by atoms with van der Waals surface area (Å²) < 4.78 is 12.6. The second-order valence-corrected chi connectivity index (χ2v) is 12.1. The van der Waals surface area contributed by atoms with Gasteiger partial charge in [0.25, 0.3) is 0 Å². The number of benzene rings is 1. The lowest BCUT2D eigenvalue weighted by molar-refractivity contribution is 0.203. The van der Waals surface area contributed by atoms with E-state index >= 15 is 0 Å². The molecule has 0 atom stereocenters. The maximum atomic E-state index is 6.05. The van der Waals surface area contributed by atoms with Crippen molar-refractivity contribution < 1.29 is 9.16 Å². The van der Waals surface area contributed by atoms with Gasteiger partial charge in [0.15, 0.2) is 8.32 Å². The molecule has 1 aromatic rings. The normalized spacial score (nSPS) is 12.6. The fourth-order valence-corrected chi connectivity index (χ4v) is 2.80. The topological polar surface area (TPSA) is 18.5 Å². The Kier molecular flexibility index (Phi) is 5.92. The van der Waals surface area contributed by atoms with Crippen LogP contribution >= 0.6 is 27.5 Å². The zero-order valence-electron chi connectivity index (χ0n) is 12.2. The van der Waals surface area contributed by atoms with Crippen LogP contribution in [-0.2, 0) is 4.43 Å². The lowest BCUT2D eigenvalue weighted by Gasteiger charge is -2.36. The summed E-state index contributed by atoms with van der Waals surface area (Å²) in [6.45, 7) is 12.3. The Labute approximate surface area is 130 Å². The minimum atomic E-state index is -1.69. The van der Waals surface area contributed by atoms with Crippen molar-refractivity contribution in [2.24, 2.45) is 0 Å². The van der Waals surface area contributed by atoms with Crippen molar-refractivity contribution in [1.82, 2.24) is 0 Å². The van der Waals surface area contributed by atoms with Crippen LogP contribution in [0.2, 0.25) is 23.2 Å². The summed E-state index contributed by atoms with van der Waals surface area (Å²) >= 11 is 9.37. The van der Waals surface area contributed by atoms with E-state index in [2.05, 4.69) is 49.8 Å². The maximum Gasteiger partial charge on any atom is 0.192 e. The first-order valence-corrected chi connectivity index (χ1v) is 10.4. The fraction of sp³-hybridized carbons (Fsp3) is 0.571. The molecule has 0 aromatic heterocycles. The number of halogens is 2. The third kappa shape index (κ3) is 5.10. The van der Waals surface area contributed by atoms with Crippen molar-refractivity contribution in [3.63, 3.8) is 0 Å². The van der Waals surface area contributed by atoms with E-state index in [0.717, 1.165) is 10.2 Å². The molecular formula is C14H22BrClO2Si. The van der Waals surface area contributed by atoms with Crippen LogP contribution in [0, 0.1) is 0 Å². The summed E-state index contributed by atoms with van der Waals surface area (Å²) in [5, 5.41) is 0.896. The molecule has 0 heterocycles. The van der Waals surface area contributed by atoms with Gasteiger partial charge in [0.2, 0.25) is 0 Å². The average molecular weight is 366 g/mol. The first-order chi connectivity index (χ1) is 8.63. The van der Waals surface area contributed by atoms with Crippen LogP contribution in [-0.4, -0.2) is 21.5 Å². The van der Waals surface area contributed by atoms with E-state index in [0.29, 0.717) is 18.2 Å². The van der Waals surface area contributed by atoms with Crippen LogP contribution < -0.4 is 4.74 Å². The Morgan fingerprint density at radius 2 is 1.84 bits per heavy atom. The second-order valence-electron chi connectivity index (χ2n) is 6.03. The van der Waals surface area contributed by atoms with Gasteiger partial charge in [-0.25, -0.2) is 0 Å². The standard InChI is InChI=1S/C14H22BrClO2Si/c1-14(2,3)19(4,5)18-9-8-17-13-10-11(16)6-7-12(13)15/h6-7,10H,8-9H2,1-5H3. The summed E-state index contributed by atoms with van der Waals surface area (Å²) in [7, 11) is -1.69. The zero-order chi connectivity index (χ0) is 14.7. The van der Waals surface area contributed by atoms with Crippen molar-refractivity contribution in [1.29, 1.82) is 0 Å². The van der Waals surface area contributed by atoms with Gasteiger partial charge in [-0.15, -0.1) is 0 Å². The Morgan fingerprint density at radius 3 is 2.42 bits per heavy atom. The van der Waals surface area contributed by atoms with Crippen LogP contribution in [0.1, 0.15) is 20.8 Å². The van der Waals surface area contributed by atoms with Crippen LogP contribution in [0.25, 0.3) is 0 Å². The second kappa shape index (κ2) is 6.61. The Hall–Kier alpha value is -0.0331. The molecule has 0 fully saturated rings. The lowest BCUT2D eigenvalue weighted by atomic mass is 10.2. The molecule has 0 spiro atoms. The van der Waals surface area contributed by atoms with Crippen LogP contribution in [0.3, 0.4) is 0 Å². The predicted octanol–water partition coefficient (Wildman–Crippen LogP) is 5.50. The summed E-state index contributed by atoms with van der Waals surface area (Å²) in [5.41, 5.74) is 0. The highest BCUT2D eigenvalue weighted by molar-refractivity contribution is 9.10. The van der Waals surface area contributed by atoms with E-state index < -0.39 is 8.32 Å². The van der Waals surface area contributed by atoms with Crippen molar-refractivity contribution >= 4 is 35.8 Å². The van der Waals surface area contributed by atoms with Crippen molar-refractivity contribution in [2.75, 3.05) is 13.2 Å². The van der Waals surface area contributed by atoms with Crippen molar-refractivity contribution in [2.45, 2.75) is 38.9 Å². The molecule has 19 heavy (non-hydrogen) atoms. The minimum absolute atomic E-state index is 0.226. The lowest BCUT2D eigenvalue weighted by Crippen LogP contribution is -2.41. The molecule has 0 radical (unpaired) electrons. The van der Waals surface area contributed by atoms with Gasteiger partial charge in [-0.2, -0.15) is 0 Å². The largest absolute Gasteiger partial charge is 0.490 e. The first-order valence-electron chi connectivity index (χ1n) is 6.35. The molecule has 0 saturated heterocycles. The van der Waals surface area contributed by atoms with E-state index in [1.807, 2.05) is 12.1 Å². The van der Waals surface area contributed by atoms with Gasteiger partial charge in [-0.3, -0.25) is 0 Å². The third-order valence-electron chi connectivity index (χ3n) is 3.50. The molecule has 1 rings (SSSR count). The smallest absolute Gasteiger partial charge is 0.192 e. The van der Waals surface area contributed by atoms with Gasteiger partial charge in [0.1, 0.15) is 12.4 Å². The highest BCUT2D eigenvalue weighted by atomic mass is 79.9. The molecule has 0 unspecified atom stereocenters. The molecular weight excluding hydrogens is 344 g/mol. The Bertz CT molecular complexity index is 430. The van der Waals surface area contributed by atoms with E-state index in [1.54, 1.807) is 6.07 Å². The molecule has 0 aliphatic carbocycles. The number of hydrogen-bond donors (Lipinski definition) is 0. The minimum Gasteiger partial charge on any atom is -0.490 e. The number of hydrogen-bond acceptors (Lipinski definition) is 2. The van der Waals surface area contributed by atoms with Crippen LogP contribution in [0.5, 0.6) is 5.75 Å². The molecule has 1 aromatic carbocycles. The first kappa shape index (κ1) is 17.0. The monoisotopic (exact) mass is 364 g/mol. The predicted molar refractivity (Wildman–Crippen MR) is 87.8 cm³/mol. The highest BCUT2D eigenvalue weighted by Crippen LogP contribution is 2.36. The molecule has 0 N–H and O–H groups in total. The van der Waals surface area contributed by atoms with Crippen molar-refractivity contribution in [3.05, 3.63) is 27.7 Å². The molecule has 0 amide bonds. The van der Waals surface area contributed by atoms with Crippen molar-refractivity contribution in [3.8, 4) is 5.75 Å². The molecule has 2 nitrogen and oxygen atoms in total. The van der Waals surface area contributed by atoms with Gasteiger partial charge in [0.05, 0.1) is 11.1 Å². The Balaban J connectivity index is 2.45. The highest BCUT2D eigenvalue weighted by Gasteiger charge is 2.36. The van der Waals surface area contributed by atoms with Gasteiger partial charge in [-0.1, -0.05) is 32.4 Å². The maximum absolute atomic E-state index is 6.05. The summed E-state index contributed by atoms with van der Waals surface area (Å²) in [6, 6.07) is 5.51. The molecule has 5 heteroatoms. The Morgan fingerprint density at radius 1 is 1.21 bits per heavy atom. The quantitative estimate of drug-likeness (QED) is 0.506. The molecule has 0 saturated carbocycles. The summed E-state index contributed by atoms with van der Waals surface area (Å²) in [6.07, 6.45) is 0. The zero-order valence-corrected chi connectivity index (χ0v) is 15.6. The van der Waals surface area contributed by atoms with Crippen LogP contribution in [0.15, 0.2) is 22.7 Å². The summed E-state index contributed by atoms with van der Waals surface area (Å²) in [5.74, 6) is 0.756. The van der Waals surface area contributed by atoms with E-state index in [-0.39, 0.29) is 5.04 Å². The fourth-order valence-electron chi connectivity index (χ4n) is 1.25. The number of ether oxygens (including phenoxy) is 1. The van der Waals surface area contributed by atoms with Gasteiger partial charge in [0, 0.05) is 5.02 Å². The van der Waals surface area contributed by atoms with Gasteiger partial charge in [-0.05, 0) is 52.3 Å².